The highest BCUT2D eigenvalue weighted by molar-refractivity contribution is 5.94. The zero-order valence-electron chi connectivity index (χ0n) is 50.2. The SMILES string of the molecule is C[C@H]1[C@H]([C@H]2C=C3C[C@H]4CCC[C@]45C[C@@H]4C[C@@]6(C)[C@H](c7ccoc7C[C@@H]([C@H]7CC[C@@H]8[C@H](C=CN9CNC[C@@H]89)C7)[C@H](O)CO)OC(=O)[C@H]7O[C@]76[C@]6([C@H]7CCC[C@@H](Cc8ccccc8)C7)[C@H](O)C(=O)[C@@H]7[C@@]2(C)O[C@]32[C@H]5C(=O)OC[C@@]72[C@@H]46)C=C[C@@H]2CCC[C@@H]12. The highest BCUT2D eigenvalue weighted by Gasteiger charge is 2.98. The first-order chi connectivity index (χ1) is 41.2. The number of furan rings is 1. The molecule has 0 amide bonds. The number of Topliss-reactive ketones (excluding diaryl/α,β-unsaturated/α-hetero) is 1. The van der Waals surface area contributed by atoms with E-state index in [2.05, 4.69) is 91.8 Å². The van der Waals surface area contributed by atoms with E-state index in [1.165, 1.54) is 30.4 Å². The van der Waals surface area contributed by atoms with E-state index in [4.69, 9.17) is 23.4 Å². The summed E-state index contributed by atoms with van der Waals surface area (Å²) in [5.41, 5.74) is -4.20. The van der Waals surface area contributed by atoms with Gasteiger partial charge >= 0.3 is 11.9 Å². The summed E-state index contributed by atoms with van der Waals surface area (Å²) in [5.74, 6) is 0.132. The first kappa shape index (κ1) is 53.9. The molecule has 5 bridgehead atoms. The molecule has 8 heterocycles. The second kappa shape index (κ2) is 18.3. The topological polar surface area (TPSA) is 181 Å². The fourth-order valence-electron chi connectivity index (χ4n) is 26.9. The van der Waals surface area contributed by atoms with Crippen LogP contribution in [-0.2, 0) is 46.2 Å². The summed E-state index contributed by atoms with van der Waals surface area (Å²) in [4.78, 5) is 51.3. The summed E-state index contributed by atoms with van der Waals surface area (Å²) in [6.07, 6.45) is 25.6. The minimum Gasteiger partial charge on any atom is -0.469 e. The monoisotopic (exact) mass is 1160 g/mol. The summed E-state index contributed by atoms with van der Waals surface area (Å²) >= 11 is 0. The minimum absolute atomic E-state index is 0.0375. The van der Waals surface area contributed by atoms with Crippen LogP contribution in [0.15, 0.2) is 83.2 Å². The van der Waals surface area contributed by atoms with Gasteiger partial charge in [-0.15, -0.1) is 0 Å². The van der Waals surface area contributed by atoms with Gasteiger partial charge in [0.05, 0.1) is 48.5 Å². The van der Waals surface area contributed by atoms with Crippen molar-refractivity contribution in [3.05, 3.63) is 95.6 Å². The standard InChI is InChI=1S/C72H90N2O11/c1-38-48-16-8-13-41(48)17-19-49(38)53-30-47-29-45-15-9-23-68(45)33-44-32-66(2)62(51-22-25-81-56(51)31-52(55(76)35-75)42-18-20-50-43(28-42)21-24-74-37-73-34-54(50)74)83-65(80)63-72(66,84-63)70(46-14-7-12-40(27-46)26-39-10-5-4-6-11-39)58(44)69-36-82-64(79)60(68)71(47,69)85-67(53,3)59(69)57(77)61(70)78/h4-6,10-11,17,19,21-22,24-25,30,38,40-46,48-50,52-55,58-63,73,75-76,78H,7-9,12-16,18,20,23,26-29,31-37H2,1-3H3/t38-,40+,41+,42+,43-,44+,45-,46+,48+,49-,50-,52+,53-,54+,55-,58-,59-,60+,61-,62+,63-,66+,67+,68+,69-,70+,71+,72-/m1/s1. The number of carbonyl (C=O) groups excluding carboxylic acids is 3. The fourth-order valence-corrected chi connectivity index (χ4v) is 26.9. The Labute approximate surface area is 500 Å². The molecule has 1 aromatic heterocycles. The van der Waals surface area contributed by atoms with Gasteiger partial charge < -0.3 is 43.6 Å². The maximum Gasteiger partial charge on any atom is 0.339 e. The number of ether oxygens (including phenoxy) is 4. The average molecular weight is 1160 g/mol. The number of esters is 2. The molecule has 13 fully saturated rings. The number of epoxide rings is 1. The normalized spacial score (nSPS) is 53.0. The molecular weight excluding hydrogens is 1070 g/mol. The lowest BCUT2D eigenvalue weighted by molar-refractivity contribution is -0.300. The zero-order chi connectivity index (χ0) is 57.5. The molecular formula is C72H90N2O11. The number of ketones is 1. The second-order valence-electron chi connectivity index (χ2n) is 32.0. The Morgan fingerprint density at radius 2 is 1.71 bits per heavy atom. The molecule has 4 N–H and O–H groups in total. The molecule has 4 spiro atoms. The van der Waals surface area contributed by atoms with Gasteiger partial charge in [-0.3, -0.25) is 14.9 Å². The highest BCUT2D eigenvalue weighted by Crippen LogP contribution is 2.90. The van der Waals surface area contributed by atoms with E-state index in [1.54, 1.807) is 6.26 Å². The molecule has 13 nitrogen and oxygen atoms in total. The number of rotatable bonds is 10. The summed E-state index contributed by atoms with van der Waals surface area (Å²) in [6.45, 7) is 8.45. The number of aliphatic hydroxyl groups excluding tert-OH is 3. The van der Waals surface area contributed by atoms with Crippen molar-refractivity contribution in [1.29, 1.82) is 0 Å². The Balaban J connectivity index is 0.819. The van der Waals surface area contributed by atoms with Crippen LogP contribution in [0, 0.1) is 116 Å². The van der Waals surface area contributed by atoms with E-state index >= 15 is 14.4 Å². The van der Waals surface area contributed by atoms with Crippen molar-refractivity contribution in [2.45, 2.75) is 184 Å². The van der Waals surface area contributed by atoms with Crippen molar-refractivity contribution in [3.63, 3.8) is 0 Å². The average Bonchev–Trinajstić information content (AvgIpc) is 1.44. The molecule has 7 aliphatic heterocycles. The summed E-state index contributed by atoms with van der Waals surface area (Å²) in [6, 6.07) is 13.2. The number of aliphatic hydroxyl groups is 3. The quantitative estimate of drug-likeness (QED) is 0.100. The highest BCUT2D eigenvalue weighted by atomic mass is 16.7. The van der Waals surface area contributed by atoms with Crippen LogP contribution in [-0.4, -0.2) is 106 Å². The number of nitrogens with one attached hydrogen (secondary N) is 1. The molecule has 8 saturated carbocycles. The van der Waals surface area contributed by atoms with E-state index in [-0.39, 0.29) is 72.3 Å². The molecule has 454 valence electrons. The number of hydrogen-bond acceptors (Lipinski definition) is 13. The van der Waals surface area contributed by atoms with E-state index in [9.17, 15) is 15.3 Å². The van der Waals surface area contributed by atoms with E-state index in [0.717, 1.165) is 102 Å². The van der Waals surface area contributed by atoms with Gasteiger partial charge in [0.1, 0.15) is 35.8 Å². The van der Waals surface area contributed by atoms with E-state index in [1.807, 2.05) is 6.07 Å². The van der Waals surface area contributed by atoms with Gasteiger partial charge in [-0.25, -0.2) is 4.79 Å². The molecule has 1 aromatic carbocycles. The van der Waals surface area contributed by atoms with Gasteiger partial charge in [0.2, 0.25) is 0 Å². The molecule has 28 atom stereocenters. The molecule has 9 aliphatic carbocycles. The Kier molecular flexibility index (Phi) is 11.6. The second-order valence-corrected chi connectivity index (χ2v) is 32.0. The largest absolute Gasteiger partial charge is 0.469 e. The van der Waals surface area contributed by atoms with E-state index < -0.39 is 86.6 Å². The van der Waals surface area contributed by atoms with Crippen LogP contribution in [0.4, 0.5) is 0 Å². The van der Waals surface area contributed by atoms with Crippen molar-refractivity contribution in [2.24, 2.45) is 116 Å². The Bertz CT molecular complexity index is 3210. The lowest BCUT2D eigenvalue weighted by Crippen LogP contribution is -2.82. The number of hydrogen-bond donors (Lipinski definition) is 4. The summed E-state index contributed by atoms with van der Waals surface area (Å²) in [7, 11) is 0. The summed E-state index contributed by atoms with van der Waals surface area (Å²) in [5, 5.41) is 41.2. The molecule has 0 unspecified atom stereocenters. The third kappa shape index (κ3) is 6.46. The van der Waals surface area contributed by atoms with Crippen molar-refractivity contribution in [2.75, 3.05) is 26.4 Å². The first-order valence-corrected chi connectivity index (χ1v) is 34.1. The van der Waals surface area contributed by atoms with Crippen LogP contribution < -0.4 is 5.32 Å². The number of fused-ring (bicyclic) bond motifs is 6. The molecule has 5 saturated heterocycles. The van der Waals surface area contributed by atoms with Crippen LogP contribution >= 0.6 is 0 Å². The molecule has 18 rings (SSSR count). The van der Waals surface area contributed by atoms with Crippen molar-refractivity contribution in [1.82, 2.24) is 10.2 Å². The maximum absolute atomic E-state index is 17.5. The van der Waals surface area contributed by atoms with Gasteiger partial charge in [-0.1, -0.05) is 94.2 Å². The van der Waals surface area contributed by atoms with Crippen molar-refractivity contribution >= 4 is 17.7 Å². The van der Waals surface area contributed by atoms with Gasteiger partial charge in [0, 0.05) is 41.3 Å². The van der Waals surface area contributed by atoms with Crippen LogP contribution in [0.25, 0.3) is 0 Å². The van der Waals surface area contributed by atoms with Gasteiger partial charge in [0.15, 0.2) is 11.9 Å². The molecule has 85 heavy (non-hydrogen) atoms. The minimum atomic E-state index is -1.51. The zero-order valence-corrected chi connectivity index (χ0v) is 50.2. The number of carbonyl (C=O) groups is 3. The Morgan fingerprint density at radius 3 is 2.56 bits per heavy atom. The van der Waals surface area contributed by atoms with Gasteiger partial charge in [-0.2, -0.15) is 0 Å². The molecule has 13 heteroatoms. The Morgan fingerprint density at radius 1 is 0.859 bits per heavy atom. The van der Waals surface area contributed by atoms with Crippen LogP contribution in [0.3, 0.4) is 0 Å². The molecule has 2 aromatic rings. The van der Waals surface area contributed by atoms with Gasteiger partial charge in [0.25, 0.3) is 0 Å². The van der Waals surface area contributed by atoms with Crippen LogP contribution in [0.5, 0.6) is 0 Å². The number of nitrogens with zero attached hydrogens (tertiary/aromatic N) is 1. The third-order valence-corrected chi connectivity index (χ3v) is 29.4. The Hall–Kier alpha value is -4.11. The molecule has 16 aliphatic rings. The first-order valence-electron chi connectivity index (χ1n) is 34.1. The predicted octanol–water partition coefficient (Wildman–Crippen LogP) is 9.63. The van der Waals surface area contributed by atoms with Gasteiger partial charge in [-0.05, 0) is 196 Å². The summed E-state index contributed by atoms with van der Waals surface area (Å²) < 4.78 is 36.7. The number of benzene rings is 1. The maximum atomic E-state index is 17.5. The molecule has 0 radical (unpaired) electrons. The van der Waals surface area contributed by atoms with Crippen LogP contribution in [0.1, 0.15) is 146 Å². The van der Waals surface area contributed by atoms with Crippen molar-refractivity contribution < 1.29 is 53.1 Å². The smallest absolute Gasteiger partial charge is 0.339 e. The lowest BCUT2D eigenvalue weighted by atomic mass is 9.29. The third-order valence-electron chi connectivity index (χ3n) is 29.4. The number of allylic oxidation sites excluding steroid dienone is 3. The van der Waals surface area contributed by atoms with Crippen LogP contribution in [0.2, 0.25) is 0 Å². The lowest BCUT2D eigenvalue weighted by Gasteiger charge is -2.72. The van der Waals surface area contributed by atoms with Crippen molar-refractivity contribution in [3.8, 4) is 0 Å². The fraction of sp³-hybridized carbons (Fsp3) is 0.736. The van der Waals surface area contributed by atoms with E-state index in [0.29, 0.717) is 54.2 Å². The predicted molar refractivity (Wildman–Crippen MR) is 312 cm³/mol. The number of cyclic esters (lactones) is 2.